The first-order valence-corrected chi connectivity index (χ1v) is 16.4. The summed E-state index contributed by atoms with van der Waals surface area (Å²) in [4.78, 5) is 0. The van der Waals surface area contributed by atoms with Crippen LogP contribution < -0.4 is 20.4 Å². The van der Waals surface area contributed by atoms with Gasteiger partial charge in [-0.15, -0.1) is 0 Å². The Balaban J connectivity index is 2.06. The van der Waals surface area contributed by atoms with Gasteiger partial charge in [-0.05, 0) is 49.9 Å². The molecule has 3 aromatic rings. The zero-order valence-electron chi connectivity index (χ0n) is 20.7. The molecule has 3 heteroatoms. The number of benzene rings is 3. The zero-order valence-corrected chi connectivity index (χ0v) is 22.5. The van der Waals surface area contributed by atoms with E-state index < -0.39 is 15.4 Å². The smallest absolute Gasteiger partial charge is 0.190 e. The Morgan fingerprint density at radius 3 is 1.45 bits per heavy atom. The van der Waals surface area contributed by atoms with Crippen molar-refractivity contribution in [2.24, 2.45) is 0 Å². The predicted octanol–water partition coefficient (Wildman–Crippen LogP) is 8.16. The molecule has 0 saturated carbocycles. The van der Waals surface area contributed by atoms with E-state index in [-0.39, 0.29) is 0 Å². The van der Waals surface area contributed by atoms with E-state index in [2.05, 4.69) is 106 Å². The molecule has 0 aliphatic rings. The van der Waals surface area contributed by atoms with Gasteiger partial charge in [0.05, 0.1) is 18.5 Å². The van der Waals surface area contributed by atoms with Gasteiger partial charge >= 0.3 is 0 Å². The third-order valence-corrected chi connectivity index (χ3v) is 12.6. The second-order valence-corrected chi connectivity index (χ2v) is 14.7. The fraction of sp³-hybridized carbons (Fsp3) is 0.400. The molecule has 0 N–H and O–H groups in total. The Morgan fingerprint density at radius 1 is 0.576 bits per heavy atom. The van der Waals surface area contributed by atoms with Crippen LogP contribution in [0.4, 0.5) is 0 Å². The Kier molecular flexibility index (Phi) is 10.9. The second-order valence-electron chi connectivity index (χ2n) is 8.86. The van der Waals surface area contributed by atoms with Crippen molar-refractivity contribution < 1.29 is 4.52 Å². The van der Waals surface area contributed by atoms with Crippen molar-refractivity contribution in [3.63, 3.8) is 0 Å². The first-order valence-electron chi connectivity index (χ1n) is 12.8. The highest BCUT2D eigenvalue weighted by atomic mass is 31.2. The second kappa shape index (κ2) is 13.9. The van der Waals surface area contributed by atoms with Gasteiger partial charge < -0.3 is 4.52 Å². The van der Waals surface area contributed by atoms with E-state index in [0.29, 0.717) is 0 Å². The van der Waals surface area contributed by atoms with Crippen molar-refractivity contribution in [1.29, 1.82) is 0 Å². The van der Waals surface area contributed by atoms with Crippen LogP contribution in [0.1, 0.15) is 59.3 Å². The van der Waals surface area contributed by atoms with Crippen molar-refractivity contribution in [3.8, 4) is 5.75 Å². The van der Waals surface area contributed by atoms with Gasteiger partial charge in [0.2, 0.25) is 0 Å². The van der Waals surface area contributed by atoms with E-state index in [9.17, 15) is 0 Å². The first-order chi connectivity index (χ1) is 16.2. The molecule has 1 nitrogen and oxygen atoms in total. The van der Waals surface area contributed by atoms with Crippen LogP contribution in [-0.2, 0) is 0 Å². The number of para-hydroxylation sites is 1. The lowest BCUT2D eigenvalue weighted by atomic mass is 10.3. The van der Waals surface area contributed by atoms with E-state index in [0.717, 1.165) is 5.75 Å². The summed E-state index contributed by atoms with van der Waals surface area (Å²) in [6.07, 6.45) is 11.3. The molecule has 0 bridgehead atoms. The maximum absolute atomic E-state index is 7.29. The van der Waals surface area contributed by atoms with Gasteiger partial charge in [0.25, 0.3) is 0 Å². The van der Waals surface area contributed by atoms with E-state index in [4.69, 9.17) is 4.52 Å². The molecule has 0 amide bonds. The Labute approximate surface area is 204 Å². The van der Waals surface area contributed by atoms with Crippen molar-refractivity contribution in [3.05, 3.63) is 84.9 Å². The lowest BCUT2D eigenvalue weighted by molar-refractivity contribution is 0.580. The molecule has 0 radical (unpaired) electrons. The Hall–Kier alpha value is -1.68. The van der Waals surface area contributed by atoms with Crippen LogP contribution in [0.2, 0.25) is 0 Å². The van der Waals surface area contributed by atoms with Gasteiger partial charge in [-0.25, -0.2) is 0 Å². The number of hydrogen-bond donors (Lipinski definition) is 0. The van der Waals surface area contributed by atoms with Crippen LogP contribution in [0.25, 0.3) is 0 Å². The van der Waals surface area contributed by atoms with Crippen LogP contribution in [0.15, 0.2) is 84.9 Å². The molecule has 0 atom stereocenters. The molecular weight excluding hydrogens is 438 g/mol. The minimum absolute atomic E-state index is 0.666. The van der Waals surface area contributed by atoms with Crippen molar-refractivity contribution >= 4 is 31.3 Å². The highest BCUT2D eigenvalue weighted by molar-refractivity contribution is 7.80. The molecule has 0 saturated heterocycles. The normalized spacial score (nSPS) is 11.6. The van der Waals surface area contributed by atoms with E-state index in [1.165, 1.54) is 72.9 Å². The molecule has 3 rings (SSSR count). The topological polar surface area (TPSA) is 9.23 Å². The van der Waals surface area contributed by atoms with Gasteiger partial charge in [-0.2, -0.15) is 0 Å². The minimum Gasteiger partial charge on any atom is -0.350 e. The molecule has 0 fully saturated rings. The fourth-order valence-electron chi connectivity index (χ4n) is 4.32. The molecule has 0 unspecified atom stereocenters. The summed E-state index contributed by atoms with van der Waals surface area (Å²) in [6, 6.07) is 30.9. The molecule has 3 aromatic carbocycles. The summed E-state index contributed by atoms with van der Waals surface area (Å²) < 4.78 is 7.29. The summed E-state index contributed by atoms with van der Waals surface area (Å²) in [5.41, 5.74) is 0. The van der Waals surface area contributed by atoms with Crippen LogP contribution in [-0.4, -0.2) is 18.5 Å². The van der Waals surface area contributed by atoms with Crippen molar-refractivity contribution in [2.75, 3.05) is 18.5 Å². The van der Waals surface area contributed by atoms with Crippen LogP contribution in [0.5, 0.6) is 5.75 Å². The minimum atomic E-state index is -1.51. The average Bonchev–Trinajstić information content (AvgIpc) is 2.87. The molecule has 33 heavy (non-hydrogen) atoms. The summed E-state index contributed by atoms with van der Waals surface area (Å²) in [7, 11) is -2.17. The van der Waals surface area contributed by atoms with E-state index in [1.807, 2.05) is 0 Å². The van der Waals surface area contributed by atoms with Gasteiger partial charge in [0.15, 0.2) is 13.2 Å². The van der Waals surface area contributed by atoms with Gasteiger partial charge in [-0.1, -0.05) is 113 Å². The van der Waals surface area contributed by atoms with Crippen molar-refractivity contribution in [2.45, 2.75) is 59.3 Å². The number of unbranched alkanes of at least 4 members (excludes halogenated alkanes) is 3. The molecule has 0 aliphatic carbocycles. The molecule has 0 spiro atoms. The Morgan fingerprint density at radius 2 is 1.00 bits per heavy atom. The number of rotatable bonds is 14. The third kappa shape index (κ3) is 7.40. The summed E-state index contributed by atoms with van der Waals surface area (Å²) in [5, 5.41) is 4.13. The lowest BCUT2D eigenvalue weighted by Crippen LogP contribution is -2.23. The SMILES string of the molecule is CCCC[P+](CCCC)(CCCC)Oc1ccccc1P(c1ccccc1)c1ccccc1. The first kappa shape index (κ1) is 25.9. The van der Waals surface area contributed by atoms with Crippen LogP contribution in [0, 0.1) is 0 Å². The average molecular weight is 480 g/mol. The summed E-state index contributed by atoms with van der Waals surface area (Å²) in [5.74, 6) is 1.13. The molecule has 0 aromatic heterocycles. The maximum Gasteiger partial charge on any atom is 0.190 e. The highest BCUT2D eigenvalue weighted by Gasteiger charge is 2.40. The highest BCUT2D eigenvalue weighted by Crippen LogP contribution is 2.61. The van der Waals surface area contributed by atoms with Crippen molar-refractivity contribution in [1.82, 2.24) is 0 Å². The maximum atomic E-state index is 7.29. The lowest BCUT2D eigenvalue weighted by Gasteiger charge is -2.29. The quantitative estimate of drug-likeness (QED) is 0.212. The molecule has 0 aliphatic heterocycles. The zero-order chi connectivity index (χ0) is 23.4. The molecular formula is C30H41OP2+. The summed E-state index contributed by atoms with van der Waals surface area (Å²) in [6.45, 7) is 6.94. The largest absolute Gasteiger partial charge is 0.350 e. The van der Waals surface area contributed by atoms with Gasteiger partial charge in [-0.3, -0.25) is 0 Å². The summed E-state index contributed by atoms with van der Waals surface area (Å²) >= 11 is 0. The fourth-order valence-corrected chi connectivity index (χ4v) is 11.0. The van der Waals surface area contributed by atoms with Gasteiger partial charge in [0, 0.05) is 5.30 Å². The van der Waals surface area contributed by atoms with E-state index in [1.54, 1.807) is 0 Å². The van der Waals surface area contributed by atoms with Crippen LogP contribution >= 0.6 is 15.4 Å². The van der Waals surface area contributed by atoms with E-state index >= 15 is 0 Å². The molecule has 0 heterocycles. The monoisotopic (exact) mass is 479 g/mol. The predicted molar refractivity (Wildman–Crippen MR) is 152 cm³/mol. The standard InChI is InChI=1S/C30H41OP2/c1-4-7-24-33(25-8-5-2,26-9-6-3)31-29-22-16-17-23-30(29)32(27-18-12-10-13-19-27)28-20-14-11-15-21-28/h10-23H,4-9,24-26H2,1-3H3/q+1. The van der Waals surface area contributed by atoms with Crippen LogP contribution in [0.3, 0.4) is 0 Å². The Bertz CT molecular complexity index is 865. The number of hydrogen-bond acceptors (Lipinski definition) is 1. The third-order valence-electron chi connectivity index (χ3n) is 6.18. The van der Waals surface area contributed by atoms with Gasteiger partial charge in [0.1, 0.15) is 0 Å². The molecule has 176 valence electrons.